The number of benzene rings is 2. The average molecular weight is 539 g/mol. The van der Waals surface area contributed by atoms with Gasteiger partial charge in [-0.1, -0.05) is 57.5 Å². The summed E-state index contributed by atoms with van der Waals surface area (Å²) in [4.78, 5) is 42.5. The fourth-order valence-electron chi connectivity index (χ4n) is 4.42. The van der Waals surface area contributed by atoms with E-state index < -0.39 is 18.1 Å². The van der Waals surface area contributed by atoms with Crippen LogP contribution in [-0.4, -0.2) is 71.0 Å². The largest absolute Gasteiger partial charge is 0.390 e. The van der Waals surface area contributed by atoms with Gasteiger partial charge in [0.15, 0.2) is 0 Å². The maximum atomic E-state index is 13.8. The van der Waals surface area contributed by atoms with Gasteiger partial charge in [-0.15, -0.1) is 0 Å². The van der Waals surface area contributed by atoms with Gasteiger partial charge in [-0.05, 0) is 62.3 Å². The van der Waals surface area contributed by atoms with Crippen LogP contribution in [0.3, 0.4) is 0 Å². The molecule has 0 spiro atoms. The second-order valence-corrected chi connectivity index (χ2v) is 10.8. The molecule has 8 heteroatoms. The summed E-state index contributed by atoms with van der Waals surface area (Å²) in [5, 5.41) is 11.0. The Morgan fingerprint density at radius 2 is 1.36 bits per heavy atom. The molecule has 0 unspecified atom stereocenters. The van der Waals surface area contributed by atoms with E-state index in [0.29, 0.717) is 38.4 Å². The lowest BCUT2D eigenvalue weighted by Crippen LogP contribution is -2.47. The first-order valence-corrected chi connectivity index (χ1v) is 14.0. The van der Waals surface area contributed by atoms with Crippen LogP contribution >= 0.6 is 0 Å². The molecule has 3 amide bonds. The quantitative estimate of drug-likeness (QED) is 0.318. The summed E-state index contributed by atoms with van der Waals surface area (Å²) in [6.45, 7) is 11.7. The number of amides is 3. The van der Waals surface area contributed by atoms with Gasteiger partial charge in [0.1, 0.15) is 0 Å². The molecular weight excluding hydrogens is 492 g/mol. The van der Waals surface area contributed by atoms with Crippen molar-refractivity contribution in [3.8, 4) is 0 Å². The SMILES string of the molecule is CCCN(CCC)C(=O)c1cc(C(N)=O)cc(C(=O)N(CCC(C)C)C[C@@H](O)[C@@H](N)Cc2ccc(C)cc2)c1. The number of nitrogens with zero attached hydrogens (tertiary/aromatic N) is 2. The number of hydrogen-bond acceptors (Lipinski definition) is 5. The van der Waals surface area contributed by atoms with Gasteiger partial charge < -0.3 is 26.4 Å². The normalized spacial score (nSPS) is 12.7. The van der Waals surface area contributed by atoms with Gasteiger partial charge in [-0.3, -0.25) is 14.4 Å². The molecule has 0 aromatic heterocycles. The summed E-state index contributed by atoms with van der Waals surface area (Å²) >= 11 is 0. The van der Waals surface area contributed by atoms with Crippen molar-refractivity contribution in [1.82, 2.24) is 9.80 Å². The van der Waals surface area contributed by atoms with Crippen LogP contribution in [0.5, 0.6) is 0 Å². The monoisotopic (exact) mass is 538 g/mol. The number of aryl methyl sites for hydroxylation is 1. The predicted octanol–water partition coefficient (Wildman–Crippen LogP) is 3.78. The van der Waals surface area contributed by atoms with Crippen LogP contribution in [0.2, 0.25) is 0 Å². The van der Waals surface area contributed by atoms with Crippen molar-refractivity contribution in [3.05, 3.63) is 70.3 Å². The van der Waals surface area contributed by atoms with E-state index in [2.05, 4.69) is 13.8 Å². The van der Waals surface area contributed by atoms with E-state index in [4.69, 9.17) is 11.5 Å². The summed E-state index contributed by atoms with van der Waals surface area (Å²) in [5.41, 5.74) is 14.6. The Kier molecular flexibility index (Phi) is 12.6. The van der Waals surface area contributed by atoms with Crippen LogP contribution in [0, 0.1) is 12.8 Å². The van der Waals surface area contributed by atoms with Gasteiger partial charge in [-0.25, -0.2) is 0 Å². The summed E-state index contributed by atoms with van der Waals surface area (Å²) in [6.07, 6.45) is 1.79. The number of carbonyl (C=O) groups excluding carboxylic acids is 3. The molecule has 214 valence electrons. The van der Waals surface area contributed by atoms with Gasteiger partial charge >= 0.3 is 0 Å². The first-order valence-electron chi connectivity index (χ1n) is 14.0. The number of nitrogens with two attached hydrogens (primary N) is 2. The van der Waals surface area contributed by atoms with Gasteiger partial charge in [0.05, 0.1) is 6.10 Å². The Morgan fingerprint density at radius 1 is 0.846 bits per heavy atom. The Balaban J connectivity index is 2.35. The molecule has 2 aromatic carbocycles. The zero-order valence-electron chi connectivity index (χ0n) is 24.2. The maximum Gasteiger partial charge on any atom is 0.253 e. The van der Waals surface area contributed by atoms with Crippen molar-refractivity contribution in [2.45, 2.75) is 72.4 Å². The number of carbonyl (C=O) groups is 3. The smallest absolute Gasteiger partial charge is 0.253 e. The minimum atomic E-state index is -0.965. The van der Waals surface area contributed by atoms with Gasteiger partial charge in [0.2, 0.25) is 5.91 Å². The van der Waals surface area contributed by atoms with E-state index in [1.807, 2.05) is 45.0 Å². The Hall–Kier alpha value is -3.23. The third-order valence-electron chi connectivity index (χ3n) is 6.74. The van der Waals surface area contributed by atoms with Gasteiger partial charge in [0, 0.05) is 48.9 Å². The minimum Gasteiger partial charge on any atom is -0.390 e. The van der Waals surface area contributed by atoms with Crippen molar-refractivity contribution >= 4 is 17.7 Å². The van der Waals surface area contributed by atoms with E-state index >= 15 is 0 Å². The number of aliphatic hydroxyl groups is 1. The zero-order chi connectivity index (χ0) is 29.1. The number of primary amides is 1. The Labute approximate surface area is 233 Å². The second kappa shape index (κ2) is 15.4. The third kappa shape index (κ3) is 9.79. The van der Waals surface area contributed by atoms with Crippen molar-refractivity contribution in [1.29, 1.82) is 0 Å². The van der Waals surface area contributed by atoms with Crippen molar-refractivity contribution in [3.63, 3.8) is 0 Å². The lowest BCUT2D eigenvalue weighted by atomic mass is 9.99. The van der Waals surface area contributed by atoms with Crippen LogP contribution in [-0.2, 0) is 6.42 Å². The predicted molar refractivity (Wildman–Crippen MR) is 156 cm³/mol. The van der Waals surface area contributed by atoms with Gasteiger partial charge in [0.25, 0.3) is 11.8 Å². The molecule has 2 rings (SSSR count). The molecule has 0 heterocycles. The molecule has 0 radical (unpaired) electrons. The van der Waals surface area contributed by atoms with Crippen LogP contribution in [0.15, 0.2) is 42.5 Å². The van der Waals surface area contributed by atoms with Gasteiger partial charge in [-0.2, -0.15) is 0 Å². The van der Waals surface area contributed by atoms with Crippen molar-refractivity contribution < 1.29 is 19.5 Å². The fraction of sp³-hybridized carbons (Fsp3) is 0.516. The molecule has 0 saturated heterocycles. The molecule has 2 atom stereocenters. The summed E-state index contributed by atoms with van der Waals surface area (Å²) in [7, 11) is 0. The molecule has 39 heavy (non-hydrogen) atoms. The lowest BCUT2D eigenvalue weighted by Gasteiger charge is -2.29. The molecule has 8 nitrogen and oxygen atoms in total. The molecule has 2 aromatic rings. The van der Waals surface area contributed by atoms with E-state index in [9.17, 15) is 19.5 Å². The standard InChI is InChI=1S/C31H46N4O4/c1-6-13-34(14-7-2)30(38)25-17-24(29(33)37)18-26(19-25)31(39)35(15-12-21(3)4)20-28(36)27(32)16-23-10-8-22(5)9-11-23/h8-11,17-19,21,27-28,36H,6-7,12-16,20,32H2,1-5H3,(H2,33,37)/t27-,28+/m0/s1. The average Bonchev–Trinajstić information content (AvgIpc) is 2.90. The first kappa shape index (κ1) is 32.0. The lowest BCUT2D eigenvalue weighted by molar-refractivity contribution is 0.0563. The summed E-state index contributed by atoms with van der Waals surface area (Å²) < 4.78 is 0. The highest BCUT2D eigenvalue weighted by atomic mass is 16.3. The van der Waals surface area contributed by atoms with Crippen LogP contribution in [0.1, 0.15) is 89.2 Å². The topological polar surface area (TPSA) is 130 Å². The third-order valence-corrected chi connectivity index (χ3v) is 6.74. The molecule has 5 N–H and O–H groups in total. The van der Waals surface area contributed by atoms with E-state index in [-0.39, 0.29) is 35.0 Å². The van der Waals surface area contributed by atoms with E-state index in [0.717, 1.165) is 24.0 Å². The van der Waals surface area contributed by atoms with Crippen LogP contribution < -0.4 is 11.5 Å². The highest BCUT2D eigenvalue weighted by Gasteiger charge is 2.26. The highest BCUT2D eigenvalue weighted by molar-refractivity contribution is 6.04. The highest BCUT2D eigenvalue weighted by Crippen LogP contribution is 2.18. The number of rotatable bonds is 15. The molecule has 0 saturated carbocycles. The Morgan fingerprint density at radius 3 is 1.85 bits per heavy atom. The fourth-order valence-corrected chi connectivity index (χ4v) is 4.42. The first-order chi connectivity index (χ1) is 18.5. The molecule has 0 aliphatic heterocycles. The zero-order valence-corrected chi connectivity index (χ0v) is 24.2. The number of hydrogen-bond donors (Lipinski definition) is 3. The molecule has 0 aliphatic carbocycles. The maximum absolute atomic E-state index is 13.8. The summed E-state index contributed by atoms with van der Waals surface area (Å²) in [6, 6.07) is 11.8. The molecule has 0 fully saturated rings. The van der Waals surface area contributed by atoms with E-state index in [1.54, 1.807) is 9.80 Å². The summed E-state index contributed by atoms with van der Waals surface area (Å²) in [5.74, 6) is -1.02. The molecule has 0 bridgehead atoms. The molecular formula is C31H46N4O4. The minimum absolute atomic E-state index is 0.0282. The van der Waals surface area contributed by atoms with Crippen molar-refractivity contribution in [2.75, 3.05) is 26.2 Å². The Bertz CT molecular complexity index is 1090. The van der Waals surface area contributed by atoms with Crippen molar-refractivity contribution in [2.24, 2.45) is 17.4 Å². The number of aliphatic hydroxyl groups excluding tert-OH is 1. The molecule has 0 aliphatic rings. The van der Waals surface area contributed by atoms with Crippen LogP contribution in [0.4, 0.5) is 0 Å². The van der Waals surface area contributed by atoms with E-state index in [1.165, 1.54) is 18.2 Å². The van der Waals surface area contributed by atoms with Crippen LogP contribution in [0.25, 0.3) is 0 Å². The second-order valence-electron chi connectivity index (χ2n) is 10.8.